The highest BCUT2D eigenvalue weighted by Gasteiger charge is 2.39. The zero-order chi connectivity index (χ0) is 28.4. The summed E-state index contributed by atoms with van der Waals surface area (Å²) in [5, 5.41) is 0. The minimum absolute atomic E-state index is 0.0260. The van der Waals surface area contributed by atoms with E-state index in [1.165, 1.54) is 17.2 Å². The number of fused-ring (bicyclic) bond motifs is 1. The molecule has 2 N–H and O–H groups in total. The largest absolute Gasteiger partial charge is 0.466 e. The number of nitrogens with zero attached hydrogens (tertiary/aromatic N) is 1. The molecule has 0 amide bonds. The number of aromatic nitrogens is 1. The van der Waals surface area contributed by atoms with Gasteiger partial charge in [-0.15, -0.1) is 11.3 Å². The van der Waals surface area contributed by atoms with Crippen molar-refractivity contribution in [1.82, 2.24) is 4.57 Å². The molecule has 0 unspecified atom stereocenters. The molecule has 3 aromatic rings. The lowest BCUT2D eigenvalue weighted by Crippen LogP contribution is -2.41. The third-order valence-electron chi connectivity index (χ3n) is 6.89. The summed E-state index contributed by atoms with van der Waals surface area (Å²) in [5.41, 5.74) is 10.1. The Balaban J connectivity index is 2.04. The van der Waals surface area contributed by atoms with E-state index in [1.807, 2.05) is 48.5 Å². The summed E-state index contributed by atoms with van der Waals surface area (Å²) in [4.78, 5) is 40.3. The van der Waals surface area contributed by atoms with E-state index < -0.39 is 23.4 Å². The number of hydrogen-bond acceptors (Lipinski definition) is 7. The Kier molecular flexibility index (Phi) is 8.25. The van der Waals surface area contributed by atoms with Crippen LogP contribution in [-0.4, -0.2) is 30.2 Å². The van der Waals surface area contributed by atoms with Crippen LogP contribution in [0.25, 0.3) is 17.5 Å². The molecule has 1 atom stereocenters. The Bertz CT molecular complexity index is 1610. The maximum absolute atomic E-state index is 13.7. The van der Waals surface area contributed by atoms with E-state index in [0.717, 1.165) is 22.5 Å². The molecule has 39 heavy (non-hydrogen) atoms. The molecule has 1 aliphatic heterocycles. The Morgan fingerprint density at radius 3 is 2.03 bits per heavy atom. The van der Waals surface area contributed by atoms with Gasteiger partial charge >= 0.3 is 11.9 Å². The summed E-state index contributed by atoms with van der Waals surface area (Å²) in [7, 11) is 1.25. The van der Waals surface area contributed by atoms with Crippen molar-refractivity contribution in [3.8, 4) is 0 Å². The highest BCUT2D eigenvalue weighted by Crippen LogP contribution is 2.38. The number of ether oxygens (including phenoxy) is 2. The molecule has 7 nitrogen and oxygen atoms in total. The monoisotopic (exact) mass is 546 g/mol. The molecule has 1 aromatic heterocycles. The van der Waals surface area contributed by atoms with E-state index in [9.17, 15) is 14.4 Å². The molecule has 0 bridgehead atoms. The molecule has 0 saturated heterocycles. The lowest BCUT2D eigenvalue weighted by atomic mass is 9.82. The molecule has 2 heterocycles. The van der Waals surface area contributed by atoms with E-state index in [0.29, 0.717) is 26.6 Å². The van der Waals surface area contributed by atoms with Crippen LogP contribution in [-0.2, 0) is 19.1 Å². The van der Waals surface area contributed by atoms with Gasteiger partial charge in [-0.2, -0.15) is 0 Å². The van der Waals surface area contributed by atoms with E-state index >= 15 is 0 Å². The van der Waals surface area contributed by atoms with E-state index in [2.05, 4.69) is 27.7 Å². The van der Waals surface area contributed by atoms with Crippen molar-refractivity contribution in [2.75, 3.05) is 13.7 Å². The molecule has 0 saturated carbocycles. The van der Waals surface area contributed by atoms with Crippen molar-refractivity contribution in [1.29, 1.82) is 0 Å². The van der Waals surface area contributed by atoms with Gasteiger partial charge < -0.3 is 15.2 Å². The van der Waals surface area contributed by atoms with Gasteiger partial charge in [0.1, 0.15) is 10.5 Å². The van der Waals surface area contributed by atoms with Gasteiger partial charge in [0.25, 0.3) is 5.56 Å². The Hall–Kier alpha value is -3.91. The van der Waals surface area contributed by atoms with Crippen molar-refractivity contribution in [2.45, 2.75) is 52.4 Å². The molecule has 2 aromatic carbocycles. The minimum Gasteiger partial charge on any atom is -0.466 e. The summed E-state index contributed by atoms with van der Waals surface area (Å²) in [6.07, 6.45) is 1.77. The molecule has 4 rings (SSSR count). The minimum atomic E-state index is -0.867. The van der Waals surface area contributed by atoms with Crippen LogP contribution in [0.15, 0.2) is 58.9 Å². The number of rotatable bonds is 7. The topological polar surface area (TPSA) is 101 Å². The fourth-order valence-electron chi connectivity index (χ4n) is 4.70. The van der Waals surface area contributed by atoms with Gasteiger partial charge in [-0.25, -0.2) is 9.59 Å². The van der Waals surface area contributed by atoms with E-state index in [1.54, 1.807) is 13.0 Å². The van der Waals surface area contributed by atoms with Crippen LogP contribution < -0.4 is 20.5 Å². The molecular weight excluding hydrogens is 512 g/mol. The molecule has 1 aliphatic rings. The predicted molar refractivity (Wildman–Crippen MR) is 155 cm³/mol. The number of esters is 2. The van der Waals surface area contributed by atoms with Crippen LogP contribution in [0.3, 0.4) is 0 Å². The molecule has 0 aliphatic carbocycles. The first kappa shape index (κ1) is 28.1. The number of benzene rings is 2. The molecule has 204 valence electrons. The fourth-order valence-corrected chi connectivity index (χ4v) is 5.86. The first-order chi connectivity index (χ1) is 18.6. The van der Waals surface area contributed by atoms with Crippen LogP contribution in [0.2, 0.25) is 0 Å². The van der Waals surface area contributed by atoms with Crippen LogP contribution >= 0.6 is 11.3 Å². The van der Waals surface area contributed by atoms with E-state index in [-0.39, 0.29) is 23.6 Å². The van der Waals surface area contributed by atoms with Gasteiger partial charge in [-0.1, -0.05) is 76.2 Å². The second-order valence-electron chi connectivity index (χ2n) is 10.1. The van der Waals surface area contributed by atoms with Crippen LogP contribution in [0.5, 0.6) is 0 Å². The number of thiazole rings is 1. The normalized spacial score (nSPS) is 15.6. The molecular formula is C31H34N2O5S. The quantitative estimate of drug-likeness (QED) is 0.453. The number of hydrogen-bond donors (Lipinski definition) is 1. The van der Waals surface area contributed by atoms with Crippen molar-refractivity contribution >= 4 is 40.7 Å². The van der Waals surface area contributed by atoms with Gasteiger partial charge in [0.15, 0.2) is 0 Å². The van der Waals surface area contributed by atoms with Crippen LogP contribution in [0.4, 0.5) is 0 Å². The lowest BCUT2D eigenvalue weighted by molar-refractivity contribution is -0.136. The Labute approximate surface area is 231 Å². The zero-order valence-corrected chi connectivity index (χ0v) is 23.9. The van der Waals surface area contributed by atoms with Crippen molar-refractivity contribution in [2.24, 2.45) is 5.73 Å². The van der Waals surface area contributed by atoms with Crippen LogP contribution in [0.1, 0.15) is 74.6 Å². The third-order valence-corrected chi connectivity index (χ3v) is 7.99. The SMILES string of the molecule is CCOC(=O)C1=c2s/c(=C\c3ccc(C(C)C)cc3)c(=O)n2C(N)=C(C(=O)OC)[C@@H]1c1ccc(C(C)C)cc1. The highest BCUT2D eigenvalue weighted by atomic mass is 32.1. The smallest absolute Gasteiger partial charge is 0.338 e. The first-order valence-electron chi connectivity index (χ1n) is 13.0. The van der Waals surface area contributed by atoms with Gasteiger partial charge in [-0.3, -0.25) is 9.36 Å². The van der Waals surface area contributed by atoms with E-state index in [4.69, 9.17) is 15.2 Å². The number of nitrogens with two attached hydrogens (primary N) is 1. The third kappa shape index (κ3) is 5.34. The van der Waals surface area contributed by atoms with Crippen molar-refractivity contribution in [3.63, 3.8) is 0 Å². The zero-order valence-electron chi connectivity index (χ0n) is 23.1. The summed E-state index contributed by atoms with van der Waals surface area (Å²) in [5.74, 6) is -1.57. The molecule has 0 radical (unpaired) electrons. The Morgan fingerprint density at radius 2 is 1.51 bits per heavy atom. The van der Waals surface area contributed by atoms with Gasteiger partial charge in [-0.05, 0) is 47.1 Å². The van der Waals surface area contributed by atoms with Crippen molar-refractivity contribution < 1.29 is 19.1 Å². The number of methoxy groups -OCH3 is 1. The van der Waals surface area contributed by atoms with Gasteiger partial charge in [0, 0.05) is 0 Å². The van der Waals surface area contributed by atoms with Gasteiger partial charge in [0.2, 0.25) is 0 Å². The fraction of sp³-hybridized carbons (Fsp3) is 0.323. The molecule has 8 heteroatoms. The molecule has 0 fully saturated rings. The summed E-state index contributed by atoms with van der Waals surface area (Å²) < 4.78 is 12.5. The summed E-state index contributed by atoms with van der Waals surface area (Å²) in [6, 6.07) is 15.6. The Morgan fingerprint density at radius 1 is 0.949 bits per heavy atom. The van der Waals surface area contributed by atoms with Crippen molar-refractivity contribution in [3.05, 3.63) is 95.9 Å². The maximum atomic E-state index is 13.7. The number of carbonyl (C=O) groups is 2. The second-order valence-corrected chi connectivity index (χ2v) is 11.1. The summed E-state index contributed by atoms with van der Waals surface area (Å²) in [6.45, 7) is 10.2. The van der Waals surface area contributed by atoms with Crippen LogP contribution in [0, 0.1) is 0 Å². The van der Waals surface area contributed by atoms with Gasteiger partial charge in [0.05, 0.1) is 35.3 Å². The highest BCUT2D eigenvalue weighted by molar-refractivity contribution is 7.07. The number of carbonyl (C=O) groups excluding carboxylic acids is 2. The standard InChI is InChI=1S/C31H34N2O5S/c1-7-38-31(36)26-24(22-14-12-21(13-15-22)18(4)5)25(30(35)37-6)27(32)33-28(34)23(39-29(26)33)16-19-8-10-20(11-9-19)17(2)3/h8-18,24H,7,32H2,1-6H3/b23-16-/t24-/m0/s1. The second kappa shape index (κ2) is 11.5. The lowest BCUT2D eigenvalue weighted by Gasteiger charge is -2.27. The first-order valence-corrected chi connectivity index (χ1v) is 13.8. The molecule has 0 spiro atoms. The maximum Gasteiger partial charge on any atom is 0.338 e. The predicted octanol–water partition coefficient (Wildman–Crippen LogP) is 3.80. The summed E-state index contributed by atoms with van der Waals surface area (Å²) >= 11 is 1.15. The average molecular weight is 547 g/mol. The average Bonchev–Trinajstić information content (AvgIpc) is 3.24.